The van der Waals surface area contributed by atoms with Gasteiger partial charge in [-0.2, -0.15) is 0 Å². The van der Waals surface area contributed by atoms with Crippen molar-refractivity contribution in [2.24, 2.45) is 5.92 Å². The van der Waals surface area contributed by atoms with Gasteiger partial charge in [0.25, 0.3) is 0 Å². The Kier molecular flexibility index (Phi) is 9.13. The summed E-state index contributed by atoms with van der Waals surface area (Å²) in [6, 6.07) is 15.6. The van der Waals surface area contributed by atoms with Crippen LogP contribution in [-0.4, -0.2) is 43.7 Å². The summed E-state index contributed by atoms with van der Waals surface area (Å²) < 4.78 is 5.44. The molecule has 0 bridgehead atoms. The van der Waals surface area contributed by atoms with Crippen LogP contribution >= 0.6 is 0 Å². The number of ether oxygens (including phenoxy) is 1. The molecule has 2 aromatic rings. The van der Waals surface area contributed by atoms with Crippen molar-refractivity contribution in [3.05, 3.63) is 70.8 Å². The number of carbonyl (C=O) groups is 1. The lowest BCUT2D eigenvalue weighted by Gasteiger charge is -2.35. The van der Waals surface area contributed by atoms with Crippen molar-refractivity contribution in [3.63, 3.8) is 0 Å². The maximum atomic E-state index is 11.3. The maximum Gasteiger partial charge on any atom is 0.335 e. The van der Waals surface area contributed by atoms with Crippen LogP contribution in [0.2, 0.25) is 0 Å². The molecule has 0 aliphatic heterocycles. The van der Waals surface area contributed by atoms with Gasteiger partial charge in [-0.1, -0.05) is 49.8 Å². The van der Waals surface area contributed by atoms with Crippen molar-refractivity contribution >= 4 is 12.0 Å². The molecule has 4 nitrogen and oxygen atoms in total. The summed E-state index contributed by atoms with van der Waals surface area (Å²) in [6.45, 7) is 5.06. The van der Waals surface area contributed by atoms with Crippen LogP contribution in [0.25, 0.3) is 6.08 Å². The Labute approximate surface area is 181 Å². The second-order valence-corrected chi connectivity index (χ2v) is 7.88. The van der Waals surface area contributed by atoms with Gasteiger partial charge in [-0.3, -0.25) is 0 Å². The smallest absolute Gasteiger partial charge is 0.335 e. The lowest BCUT2D eigenvalue weighted by atomic mass is 9.73. The number of nitrogens with zero attached hydrogens (tertiary/aromatic N) is 1. The molecular weight excluding hydrogens is 374 g/mol. The number of aromatic carboxylic acids is 1. The Morgan fingerprint density at radius 2 is 1.90 bits per heavy atom. The van der Waals surface area contributed by atoms with Gasteiger partial charge in [0.2, 0.25) is 0 Å². The van der Waals surface area contributed by atoms with E-state index in [4.69, 9.17) is 4.74 Å². The van der Waals surface area contributed by atoms with Gasteiger partial charge >= 0.3 is 5.97 Å². The van der Waals surface area contributed by atoms with Crippen molar-refractivity contribution in [1.29, 1.82) is 0 Å². The first-order valence-corrected chi connectivity index (χ1v) is 10.8. The van der Waals surface area contributed by atoms with E-state index >= 15 is 0 Å². The second-order valence-electron chi connectivity index (χ2n) is 7.88. The van der Waals surface area contributed by atoms with Crippen LogP contribution in [-0.2, 0) is 0 Å². The Morgan fingerprint density at radius 3 is 2.57 bits per heavy atom. The van der Waals surface area contributed by atoms with E-state index in [2.05, 4.69) is 43.3 Å². The zero-order valence-corrected chi connectivity index (χ0v) is 18.9. The topological polar surface area (TPSA) is 49.8 Å². The fourth-order valence-corrected chi connectivity index (χ4v) is 4.20. The normalized spacial score (nSPS) is 19.9. The number of hydrogen-bond donors (Lipinski definition) is 1. The number of benzene rings is 2. The molecule has 0 saturated heterocycles. The van der Waals surface area contributed by atoms with E-state index in [9.17, 15) is 9.90 Å². The SMILES string of the molecule is CC.COc1cccc(C2C/C(=C/c3cccc(C(=O)O)c3)CCC2CN(C)C)c1. The molecule has 162 valence electrons. The van der Waals surface area contributed by atoms with E-state index in [0.29, 0.717) is 17.4 Å². The van der Waals surface area contributed by atoms with Crippen LogP contribution in [0.4, 0.5) is 0 Å². The zero-order chi connectivity index (χ0) is 22.1. The standard InChI is InChI=1S/C24H29NO3.C2H6/c1-25(2)16-21-11-10-18(12-17-6-4-8-20(13-17)24(26)27)14-23(21)19-7-5-9-22(15-19)28-3;1-2/h4-9,12-13,15,21,23H,10-11,14,16H2,1-3H3,(H,26,27);1-2H3/b18-12+;. The van der Waals surface area contributed by atoms with Crippen molar-refractivity contribution in [2.45, 2.75) is 39.0 Å². The Morgan fingerprint density at radius 1 is 1.17 bits per heavy atom. The van der Waals surface area contributed by atoms with E-state index in [1.807, 2.05) is 32.0 Å². The van der Waals surface area contributed by atoms with E-state index in [1.165, 1.54) is 11.1 Å². The fourth-order valence-electron chi connectivity index (χ4n) is 4.20. The molecule has 0 amide bonds. The van der Waals surface area contributed by atoms with Gasteiger partial charge in [-0.05, 0) is 80.6 Å². The number of allylic oxidation sites excluding steroid dienone is 1. The number of carboxylic acids is 1. The first-order valence-electron chi connectivity index (χ1n) is 10.8. The van der Waals surface area contributed by atoms with Gasteiger partial charge in [-0.25, -0.2) is 4.79 Å². The summed E-state index contributed by atoms with van der Waals surface area (Å²) in [7, 11) is 5.97. The molecule has 4 heteroatoms. The Hall–Kier alpha value is -2.59. The van der Waals surface area contributed by atoms with Gasteiger partial charge in [0.05, 0.1) is 12.7 Å². The first-order chi connectivity index (χ1) is 14.5. The minimum atomic E-state index is -0.885. The van der Waals surface area contributed by atoms with Crippen LogP contribution in [0.1, 0.15) is 60.5 Å². The number of methoxy groups -OCH3 is 1. The summed E-state index contributed by atoms with van der Waals surface area (Å²) in [5.74, 6) is 1.03. The highest BCUT2D eigenvalue weighted by atomic mass is 16.5. The van der Waals surface area contributed by atoms with Crippen molar-refractivity contribution in [2.75, 3.05) is 27.7 Å². The molecule has 1 N–H and O–H groups in total. The highest BCUT2D eigenvalue weighted by Gasteiger charge is 2.29. The zero-order valence-electron chi connectivity index (χ0n) is 18.9. The fraction of sp³-hybridized carbons (Fsp3) is 0.423. The van der Waals surface area contributed by atoms with E-state index in [-0.39, 0.29) is 0 Å². The van der Waals surface area contributed by atoms with E-state index in [0.717, 1.165) is 37.1 Å². The molecule has 0 heterocycles. The quantitative estimate of drug-likeness (QED) is 0.641. The molecule has 30 heavy (non-hydrogen) atoms. The number of rotatable bonds is 6. The van der Waals surface area contributed by atoms with Crippen molar-refractivity contribution in [1.82, 2.24) is 4.90 Å². The highest BCUT2D eigenvalue weighted by Crippen LogP contribution is 2.42. The van der Waals surface area contributed by atoms with Gasteiger partial charge in [-0.15, -0.1) is 0 Å². The summed E-state index contributed by atoms with van der Waals surface area (Å²) >= 11 is 0. The van der Waals surface area contributed by atoms with Gasteiger partial charge < -0.3 is 14.7 Å². The monoisotopic (exact) mass is 409 g/mol. The van der Waals surface area contributed by atoms with Crippen LogP contribution in [0, 0.1) is 5.92 Å². The molecule has 1 fully saturated rings. The predicted octanol–water partition coefficient (Wildman–Crippen LogP) is 5.95. The molecule has 0 spiro atoms. The maximum absolute atomic E-state index is 11.3. The van der Waals surface area contributed by atoms with Gasteiger partial charge in [0.15, 0.2) is 0 Å². The summed E-state index contributed by atoms with van der Waals surface area (Å²) in [5, 5.41) is 9.24. The van der Waals surface area contributed by atoms with Crippen LogP contribution < -0.4 is 4.74 Å². The molecule has 3 rings (SSSR count). The third-order valence-corrected chi connectivity index (χ3v) is 5.51. The van der Waals surface area contributed by atoms with Gasteiger partial charge in [0.1, 0.15) is 5.75 Å². The third-order valence-electron chi connectivity index (χ3n) is 5.51. The Bertz CT molecular complexity index is 857. The molecular formula is C26H35NO3. The first kappa shape index (κ1) is 23.7. The average molecular weight is 410 g/mol. The van der Waals surface area contributed by atoms with Crippen molar-refractivity contribution < 1.29 is 14.6 Å². The lowest BCUT2D eigenvalue weighted by Crippen LogP contribution is -2.29. The van der Waals surface area contributed by atoms with E-state index < -0.39 is 5.97 Å². The third kappa shape index (κ3) is 6.46. The van der Waals surface area contributed by atoms with Crippen LogP contribution in [0.15, 0.2) is 54.1 Å². The largest absolute Gasteiger partial charge is 0.497 e. The molecule has 1 aliphatic rings. The molecule has 2 unspecified atom stereocenters. The average Bonchev–Trinajstić information content (AvgIpc) is 2.76. The molecule has 1 aliphatic carbocycles. The summed E-state index contributed by atoms with van der Waals surface area (Å²) in [4.78, 5) is 13.5. The van der Waals surface area contributed by atoms with Gasteiger partial charge in [0, 0.05) is 6.54 Å². The molecule has 2 atom stereocenters. The van der Waals surface area contributed by atoms with Crippen molar-refractivity contribution in [3.8, 4) is 5.75 Å². The molecule has 1 saturated carbocycles. The molecule has 0 aromatic heterocycles. The minimum absolute atomic E-state index is 0.333. The van der Waals surface area contributed by atoms with Crippen LogP contribution in [0.3, 0.4) is 0 Å². The Balaban J connectivity index is 0.00000155. The number of hydrogen-bond acceptors (Lipinski definition) is 3. The highest BCUT2D eigenvalue weighted by molar-refractivity contribution is 5.88. The number of carboxylic acid groups (broad SMARTS) is 1. The molecule has 0 radical (unpaired) electrons. The lowest BCUT2D eigenvalue weighted by molar-refractivity contribution is 0.0697. The second kappa shape index (κ2) is 11.6. The minimum Gasteiger partial charge on any atom is -0.497 e. The summed E-state index contributed by atoms with van der Waals surface area (Å²) in [6.07, 6.45) is 5.34. The van der Waals surface area contributed by atoms with E-state index in [1.54, 1.807) is 19.2 Å². The molecule has 2 aromatic carbocycles. The van der Waals surface area contributed by atoms with Crippen LogP contribution in [0.5, 0.6) is 5.75 Å². The predicted molar refractivity (Wildman–Crippen MR) is 124 cm³/mol. The summed E-state index contributed by atoms with van der Waals surface area (Å²) in [5.41, 5.74) is 3.99.